The molecule has 0 aliphatic heterocycles. The van der Waals surface area contributed by atoms with Crippen molar-refractivity contribution >= 4 is 11.7 Å². The summed E-state index contributed by atoms with van der Waals surface area (Å²) >= 11 is 0. The van der Waals surface area contributed by atoms with Crippen LogP contribution in [0.25, 0.3) is 11.4 Å². The minimum atomic E-state index is -0.0413. The maximum atomic E-state index is 11.7. The molecule has 0 bridgehead atoms. The lowest BCUT2D eigenvalue weighted by molar-refractivity contribution is -0.119. The first kappa shape index (κ1) is 15.9. The fourth-order valence-corrected chi connectivity index (χ4v) is 1.92. The van der Waals surface area contributed by atoms with Gasteiger partial charge in [-0.25, -0.2) is 9.97 Å². The van der Waals surface area contributed by atoms with Crippen LogP contribution >= 0.6 is 0 Å². The Morgan fingerprint density at radius 2 is 2.09 bits per heavy atom. The average molecular weight is 299 g/mol. The molecular weight excluding hydrogens is 278 g/mol. The fourth-order valence-electron chi connectivity index (χ4n) is 1.92. The van der Waals surface area contributed by atoms with Crippen LogP contribution in [-0.4, -0.2) is 33.9 Å². The Hall–Kier alpha value is -2.50. The first-order chi connectivity index (χ1) is 10.6. The van der Waals surface area contributed by atoms with Gasteiger partial charge in [-0.3, -0.25) is 9.78 Å². The summed E-state index contributed by atoms with van der Waals surface area (Å²) in [5.41, 5.74) is 2.67. The van der Waals surface area contributed by atoms with Gasteiger partial charge in [-0.15, -0.1) is 0 Å². The van der Waals surface area contributed by atoms with E-state index in [4.69, 9.17) is 0 Å². The lowest BCUT2D eigenvalue weighted by atomic mass is 10.2. The summed E-state index contributed by atoms with van der Waals surface area (Å²) in [7, 11) is 0. The standard InChI is InChI=1S/C16H21N5O/c1-4-7-18-14(22)10-19-15-11(2)12(3)20-16(21-15)13-6-5-8-17-9-13/h5-6,8-9H,4,7,10H2,1-3H3,(H,18,22)(H,19,20,21). The predicted octanol–water partition coefficient (Wildman–Crippen LogP) is 2.09. The molecule has 0 fully saturated rings. The normalized spacial score (nSPS) is 10.3. The Labute approximate surface area is 130 Å². The maximum Gasteiger partial charge on any atom is 0.239 e. The first-order valence-electron chi connectivity index (χ1n) is 7.38. The number of anilines is 1. The molecule has 2 aromatic rings. The first-order valence-corrected chi connectivity index (χ1v) is 7.38. The van der Waals surface area contributed by atoms with Crippen LogP contribution in [0, 0.1) is 13.8 Å². The number of pyridine rings is 1. The molecule has 0 aliphatic rings. The predicted molar refractivity (Wildman–Crippen MR) is 86.5 cm³/mol. The van der Waals surface area contributed by atoms with Crippen molar-refractivity contribution in [2.75, 3.05) is 18.4 Å². The van der Waals surface area contributed by atoms with Gasteiger partial charge < -0.3 is 10.6 Å². The van der Waals surface area contributed by atoms with Crippen LogP contribution < -0.4 is 10.6 Å². The highest BCUT2D eigenvalue weighted by Gasteiger charge is 2.10. The Morgan fingerprint density at radius 1 is 1.27 bits per heavy atom. The lowest BCUT2D eigenvalue weighted by Gasteiger charge is -2.12. The minimum Gasteiger partial charge on any atom is -0.361 e. The summed E-state index contributed by atoms with van der Waals surface area (Å²) in [4.78, 5) is 24.8. The Morgan fingerprint density at radius 3 is 2.77 bits per heavy atom. The van der Waals surface area contributed by atoms with E-state index in [1.807, 2.05) is 32.9 Å². The van der Waals surface area contributed by atoms with Crippen molar-refractivity contribution < 1.29 is 4.79 Å². The van der Waals surface area contributed by atoms with Gasteiger partial charge in [-0.1, -0.05) is 6.92 Å². The summed E-state index contributed by atoms with van der Waals surface area (Å²) in [5, 5.41) is 5.92. The molecule has 2 heterocycles. The second-order valence-electron chi connectivity index (χ2n) is 5.05. The smallest absolute Gasteiger partial charge is 0.239 e. The van der Waals surface area contributed by atoms with Crippen LogP contribution in [0.2, 0.25) is 0 Å². The van der Waals surface area contributed by atoms with E-state index in [1.165, 1.54) is 0 Å². The largest absolute Gasteiger partial charge is 0.361 e. The number of rotatable bonds is 6. The van der Waals surface area contributed by atoms with Crippen LogP contribution in [0.3, 0.4) is 0 Å². The molecule has 1 amide bonds. The summed E-state index contributed by atoms with van der Waals surface area (Å²) < 4.78 is 0. The van der Waals surface area contributed by atoms with Gasteiger partial charge in [-0.2, -0.15) is 0 Å². The molecule has 0 atom stereocenters. The second-order valence-corrected chi connectivity index (χ2v) is 5.05. The monoisotopic (exact) mass is 299 g/mol. The second kappa shape index (κ2) is 7.49. The van der Waals surface area contributed by atoms with Crippen LogP contribution in [-0.2, 0) is 4.79 Å². The van der Waals surface area contributed by atoms with E-state index in [-0.39, 0.29) is 12.5 Å². The molecule has 0 radical (unpaired) electrons. The number of hydrogen-bond acceptors (Lipinski definition) is 5. The lowest BCUT2D eigenvalue weighted by Crippen LogP contribution is -2.30. The highest BCUT2D eigenvalue weighted by molar-refractivity contribution is 5.80. The zero-order valence-electron chi connectivity index (χ0n) is 13.2. The molecule has 0 spiro atoms. The summed E-state index contributed by atoms with van der Waals surface area (Å²) in [5.74, 6) is 1.24. The van der Waals surface area contributed by atoms with Crippen LogP contribution in [0.5, 0.6) is 0 Å². The van der Waals surface area contributed by atoms with Crippen molar-refractivity contribution in [2.45, 2.75) is 27.2 Å². The Kier molecular flexibility index (Phi) is 5.41. The number of nitrogens with one attached hydrogen (secondary N) is 2. The quantitative estimate of drug-likeness (QED) is 0.854. The van der Waals surface area contributed by atoms with E-state index in [9.17, 15) is 4.79 Å². The number of aromatic nitrogens is 3. The highest BCUT2D eigenvalue weighted by atomic mass is 16.1. The van der Waals surface area contributed by atoms with E-state index in [1.54, 1.807) is 12.4 Å². The number of carbonyl (C=O) groups excluding carboxylic acids is 1. The third kappa shape index (κ3) is 4.00. The van der Waals surface area contributed by atoms with Crippen molar-refractivity contribution in [3.8, 4) is 11.4 Å². The Bertz CT molecular complexity index is 642. The molecule has 22 heavy (non-hydrogen) atoms. The minimum absolute atomic E-state index is 0.0413. The zero-order valence-corrected chi connectivity index (χ0v) is 13.2. The van der Waals surface area contributed by atoms with E-state index in [0.717, 1.165) is 23.2 Å². The van der Waals surface area contributed by atoms with Gasteiger partial charge >= 0.3 is 0 Å². The third-order valence-corrected chi connectivity index (χ3v) is 3.30. The topological polar surface area (TPSA) is 79.8 Å². The fraction of sp³-hybridized carbons (Fsp3) is 0.375. The van der Waals surface area contributed by atoms with Gasteiger partial charge in [0.25, 0.3) is 0 Å². The third-order valence-electron chi connectivity index (χ3n) is 3.30. The molecule has 0 aromatic carbocycles. The molecule has 2 aromatic heterocycles. The molecule has 2 N–H and O–H groups in total. The van der Waals surface area contributed by atoms with Gasteiger partial charge in [0, 0.05) is 35.8 Å². The highest BCUT2D eigenvalue weighted by Crippen LogP contribution is 2.20. The molecule has 0 aliphatic carbocycles. The number of hydrogen-bond donors (Lipinski definition) is 2. The van der Waals surface area contributed by atoms with E-state index >= 15 is 0 Å². The summed E-state index contributed by atoms with van der Waals surface area (Å²) in [6.07, 6.45) is 4.35. The van der Waals surface area contributed by atoms with E-state index < -0.39 is 0 Å². The van der Waals surface area contributed by atoms with Gasteiger partial charge in [0.15, 0.2) is 5.82 Å². The molecule has 2 rings (SSSR count). The number of carbonyl (C=O) groups is 1. The number of nitrogens with zero attached hydrogens (tertiary/aromatic N) is 3. The van der Waals surface area contributed by atoms with Gasteiger partial charge in [-0.05, 0) is 32.4 Å². The van der Waals surface area contributed by atoms with E-state index in [0.29, 0.717) is 18.2 Å². The Balaban J connectivity index is 2.17. The van der Waals surface area contributed by atoms with Crippen molar-refractivity contribution in [3.63, 3.8) is 0 Å². The van der Waals surface area contributed by atoms with Crippen molar-refractivity contribution in [1.82, 2.24) is 20.3 Å². The zero-order chi connectivity index (χ0) is 15.9. The molecule has 6 nitrogen and oxygen atoms in total. The molecule has 116 valence electrons. The van der Waals surface area contributed by atoms with Crippen molar-refractivity contribution in [2.24, 2.45) is 0 Å². The van der Waals surface area contributed by atoms with Crippen LogP contribution in [0.1, 0.15) is 24.6 Å². The molecule has 0 saturated heterocycles. The molecule has 0 unspecified atom stereocenters. The van der Waals surface area contributed by atoms with Crippen molar-refractivity contribution in [1.29, 1.82) is 0 Å². The van der Waals surface area contributed by atoms with Gasteiger partial charge in [0.1, 0.15) is 5.82 Å². The van der Waals surface area contributed by atoms with E-state index in [2.05, 4.69) is 25.6 Å². The molecule has 0 saturated carbocycles. The van der Waals surface area contributed by atoms with Crippen molar-refractivity contribution in [3.05, 3.63) is 35.8 Å². The summed E-state index contributed by atoms with van der Waals surface area (Å²) in [6.45, 7) is 6.77. The average Bonchev–Trinajstić information content (AvgIpc) is 2.54. The van der Waals surface area contributed by atoms with Gasteiger partial charge in [0.05, 0.1) is 6.54 Å². The van der Waals surface area contributed by atoms with Gasteiger partial charge in [0.2, 0.25) is 5.91 Å². The SMILES string of the molecule is CCCNC(=O)CNc1nc(-c2cccnc2)nc(C)c1C. The van der Waals surface area contributed by atoms with Crippen LogP contribution in [0.15, 0.2) is 24.5 Å². The van der Waals surface area contributed by atoms with Crippen LogP contribution in [0.4, 0.5) is 5.82 Å². The molecule has 6 heteroatoms. The summed E-state index contributed by atoms with van der Waals surface area (Å²) in [6, 6.07) is 3.76. The maximum absolute atomic E-state index is 11.7. The number of aryl methyl sites for hydroxylation is 1. The number of amides is 1. The molecular formula is C16H21N5O.